The fraction of sp³-hybridized carbons (Fsp3) is 0.500. The Morgan fingerprint density at radius 3 is 2.52 bits per heavy atom. The van der Waals surface area contributed by atoms with Gasteiger partial charge >= 0.3 is 12.0 Å². The number of hydrogen-bond acceptors (Lipinski definition) is 6. The van der Waals surface area contributed by atoms with Crippen molar-refractivity contribution in [3.05, 3.63) is 29.8 Å². The number of ether oxygens (including phenoxy) is 2. The number of nitrogens with zero attached hydrogens (tertiary/aromatic N) is 1. The topological polar surface area (TPSA) is 114 Å². The van der Waals surface area contributed by atoms with Gasteiger partial charge in [-0.2, -0.15) is 0 Å². The van der Waals surface area contributed by atoms with E-state index in [1.165, 1.54) is 6.92 Å². The first-order valence-corrected chi connectivity index (χ1v) is 9.49. The van der Waals surface area contributed by atoms with Gasteiger partial charge in [-0.15, -0.1) is 0 Å². The van der Waals surface area contributed by atoms with Crippen LogP contribution in [0.2, 0.25) is 0 Å². The largest absolute Gasteiger partial charge is 0.497 e. The lowest BCUT2D eigenvalue weighted by Crippen LogP contribution is -2.46. The van der Waals surface area contributed by atoms with Gasteiger partial charge < -0.3 is 20.1 Å². The number of hydrogen-bond donors (Lipinski definition) is 2. The van der Waals surface area contributed by atoms with Gasteiger partial charge in [0.05, 0.1) is 7.11 Å². The SMILES string of the molecule is COc1ccc(CNC(=O)[C@H](C)OC(=O)CN2C(=O)N[C@@](C)(C3CC3)C2=O)cc1. The van der Waals surface area contributed by atoms with Gasteiger partial charge in [-0.1, -0.05) is 12.1 Å². The molecule has 1 aliphatic heterocycles. The van der Waals surface area contributed by atoms with Crippen molar-refractivity contribution in [1.82, 2.24) is 15.5 Å². The van der Waals surface area contributed by atoms with E-state index in [2.05, 4.69) is 10.6 Å². The van der Waals surface area contributed by atoms with Crippen molar-refractivity contribution in [2.24, 2.45) is 5.92 Å². The van der Waals surface area contributed by atoms with Crippen LogP contribution in [-0.4, -0.2) is 54.0 Å². The molecule has 1 aromatic carbocycles. The Morgan fingerprint density at radius 1 is 1.28 bits per heavy atom. The molecule has 1 aromatic rings. The minimum absolute atomic E-state index is 0.0997. The molecule has 2 atom stereocenters. The molecule has 0 bridgehead atoms. The molecule has 1 saturated heterocycles. The van der Waals surface area contributed by atoms with E-state index in [9.17, 15) is 19.2 Å². The summed E-state index contributed by atoms with van der Waals surface area (Å²) in [6, 6.07) is 6.56. The summed E-state index contributed by atoms with van der Waals surface area (Å²) in [6.45, 7) is 2.84. The van der Waals surface area contributed by atoms with E-state index in [-0.39, 0.29) is 12.5 Å². The van der Waals surface area contributed by atoms with E-state index in [4.69, 9.17) is 9.47 Å². The molecule has 4 amide bonds. The summed E-state index contributed by atoms with van der Waals surface area (Å²) in [5.41, 5.74) is -0.102. The molecular weight excluding hydrogens is 378 g/mol. The first-order valence-electron chi connectivity index (χ1n) is 9.49. The predicted molar refractivity (Wildman–Crippen MR) is 102 cm³/mol. The molecule has 1 saturated carbocycles. The molecule has 2 N–H and O–H groups in total. The van der Waals surface area contributed by atoms with Crippen molar-refractivity contribution in [2.75, 3.05) is 13.7 Å². The van der Waals surface area contributed by atoms with Crippen LogP contribution in [0.5, 0.6) is 5.75 Å². The summed E-state index contributed by atoms with van der Waals surface area (Å²) in [6.07, 6.45) is 0.676. The Bertz CT molecular complexity index is 820. The maximum Gasteiger partial charge on any atom is 0.327 e. The number of esters is 1. The predicted octanol–water partition coefficient (Wildman–Crippen LogP) is 0.964. The molecule has 156 valence electrons. The minimum atomic E-state index is -1.06. The number of imide groups is 1. The van der Waals surface area contributed by atoms with E-state index in [0.717, 1.165) is 23.3 Å². The summed E-state index contributed by atoms with van der Waals surface area (Å²) in [4.78, 5) is 49.8. The average Bonchev–Trinajstić information content (AvgIpc) is 3.52. The highest BCUT2D eigenvalue weighted by atomic mass is 16.5. The molecule has 29 heavy (non-hydrogen) atoms. The minimum Gasteiger partial charge on any atom is -0.497 e. The van der Waals surface area contributed by atoms with Crippen LogP contribution in [0.4, 0.5) is 4.79 Å². The zero-order valence-corrected chi connectivity index (χ0v) is 16.7. The fourth-order valence-electron chi connectivity index (χ4n) is 3.29. The molecule has 0 spiro atoms. The van der Waals surface area contributed by atoms with E-state index < -0.39 is 42.0 Å². The van der Waals surface area contributed by atoms with E-state index in [1.807, 2.05) is 12.1 Å². The van der Waals surface area contributed by atoms with Crippen LogP contribution in [-0.2, 0) is 25.7 Å². The fourth-order valence-corrected chi connectivity index (χ4v) is 3.29. The molecule has 0 aromatic heterocycles. The molecule has 1 aliphatic carbocycles. The summed E-state index contributed by atoms with van der Waals surface area (Å²) in [5, 5.41) is 5.33. The Morgan fingerprint density at radius 2 is 1.93 bits per heavy atom. The lowest BCUT2D eigenvalue weighted by molar-refractivity contribution is -0.156. The highest BCUT2D eigenvalue weighted by molar-refractivity contribution is 6.08. The van der Waals surface area contributed by atoms with Crippen LogP contribution >= 0.6 is 0 Å². The third kappa shape index (κ3) is 4.49. The normalized spacial score (nSPS) is 22.1. The van der Waals surface area contributed by atoms with Crippen molar-refractivity contribution >= 4 is 23.8 Å². The molecule has 9 nitrogen and oxygen atoms in total. The number of benzene rings is 1. The number of nitrogens with one attached hydrogen (secondary N) is 2. The lowest BCUT2D eigenvalue weighted by Gasteiger charge is -2.21. The molecule has 3 rings (SSSR count). The van der Waals surface area contributed by atoms with Crippen molar-refractivity contribution in [2.45, 2.75) is 44.9 Å². The van der Waals surface area contributed by atoms with Crippen LogP contribution in [0.1, 0.15) is 32.3 Å². The number of carbonyl (C=O) groups excluding carboxylic acids is 4. The van der Waals surface area contributed by atoms with Crippen LogP contribution in [0, 0.1) is 5.92 Å². The van der Waals surface area contributed by atoms with E-state index >= 15 is 0 Å². The van der Waals surface area contributed by atoms with Gasteiger partial charge in [0, 0.05) is 6.54 Å². The first-order chi connectivity index (χ1) is 13.7. The standard InChI is InChI=1S/C20H25N3O6/c1-12(17(25)21-10-13-4-8-15(28-3)9-5-13)29-16(24)11-23-18(26)20(2,14-6-7-14)22-19(23)27/h4-5,8-9,12,14H,6-7,10-11H2,1-3H3,(H,21,25)(H,22,27)/t12-,20-/m0/s1. The summed E-state index contributed by atoms with van der Waals surface area (Å²) in [5.74, 6) is -0.920. The van der Waals surface area contributed by atoms with Crippen molar-refractivity contribution < 1.29 is 28.7 Å². The first kappa shape index (κ1) is 20.6. The smallest absolute Gasteiger partial charge is 0.327 e. The Kier molecular flexibility index (Phi) is 5.76. The Labute approximate surface area is 168 Å². The van der Waals surface area contributed by atoms with Crippen LogP contribution in [0.3, 0.4) is 0 Å². The van der Waals surface area contributed by atoms with Gasteiger partial charge in [-0.3, -0.25) is 19.3 Å². The van der Waals surface area contributed by atoms with Crippen LogP contribution < -0.4 is 15.4 Å². The van der Waals surface area contributed by atoms with Gasteiger partial charge in [0.1, 0.15) is 17.8 Å². The Hall–Kier alpha value is -3.10. The molecule has 9 heteroatoms. The number of methoxy groups -OCH3 is 1. The molecule has 2 fully saturated rings. The average molecular weight is 403 g/mol. The van der Waals surface area contributed by atoms with Crippen molar-refractivity contribution in [3.8, 4) is 5.75 Å². The zero-order valence-electron chi connectivity index (χ0n) is 16.7. The maximum absolute atomic E-state index is 12.5. The van der Waals surface area contributed by atoms with Crippen LogP contribution in [0.15, 0.2) is 24.3 Å². The van der Waals surface area contributed by atoms with Gasteiger partial charge in [0.25, 0.3) is 11.8 Å². The maximum atomic E-state index is 12.5. The van der Waals surface area contributed by atoms with Crippen molar-refractivity contribution in [1.29, 1.82) is 0 Å². The number of rotatable bonds is 8. The van der Waals surface area contributed by atoms with E-state index in [1.54, 1.807) is 26.2 Å². The molecule has 0 unspecified atom stereocenters. The van der Waals surface area contributed by atoms with Gasteiger partial charge in [-0.25, -0.2) is 4.79 Å². The van der Waals surface area contributed by atoms with E-state index in [0.29, 0.717) is 5.75 Å². The quantitative estimate of drug-likeness (QED) is 0.494. The zero-order chi connectivity index (χ0) is 21.2. The van der Waals surface area contributed by atoms with Crippen molar-refractivity contribution in [3.63, 3.8) is 0 Å². The number of carbonyl (C=O) groups is 4. The summed E-state index contributed by atoms with van der Waals surface area (Å²) >= 11 is 0. The molecule has 2 aliphatic rings. The van der Waals surface area contributed by atoms with Gasteiger partial charge in [0.2, 0.25) is 0 Å². The Balaban J connectivity index is 1.47. The molecule has 1 heterocycles. The van der Waals surface area contributed by atoms with Gasteiger partial charge in [0.15, 0.2) is 6.10 Å². The number of urea groups is 1. The third-order valence-electron chi connectivity index (χ3n) is 5.29. The lowest BCUT2D eigenvalue weighted by atomic mass is 9.96. The summed E-state index contributed by atoms with van der Waals surface area (Å²) < 4.78 is 10.2. The van der Waals surface area contributed by atoms with Crippen LogP contribution in [0.25, 0.3) is 0 Å². The third-order valence-corrected chi connectivity index (χ3v) is 5.29. The molecular formula is C20H25N3O6. The highest BCUT2D eigenvalue weighted by Gasteiger charge is 2.56. The molecule has 0 radical (unpaired) electrons. The highest BCUT2D eigenvalue weighted by Crippen LogP contribution is 2.42. The second-order valence-electron chi connectivity index (χ2n) is 7.50. The summed E-state index contributed by atoms with van der Waals surface area (Å²) in [7, 11) is 1.57. The second kappa shape index (κ2) is 8.10. The number of amides is 4. The van der Waals surface area contributed by atoms with Gasteiger partial charge in [-0.05, 0) is 50.3 Å². The monoisotopic (exact) mass is 403 g/mol. The second-order valence-corrected chi connectivity index (χ2v) is 7.50.